The third-order valence-electron chi connectivity index (χ3n) is 3.05. The fourth-order valence-corrected chi connectivity index (χ4v) is 2.24. The average Bonchev–Trinajstić information content (AvgIpc) is 2.48. The lowest BCUT2D eigenvalue weighted by molar-refractivity contribution is 0.379. The second kappa shape index (κ2) is 3.33. The van der Waals surface area contributed by atoms with Gasteiger partial charge in [0.1, 0.15) is 0 Å². The highest BCUT2D eigenvalue weighted by atomic mass is 15.0. The highest BCUT2D eigenvalue weighted by Crippen LogP contribution is 2.27. The lowest BCUT2D eigenvalue weighted by Crippen LogP contribution is -2.39. The lowest BCUT2D eigenvalue weighted by Gasteiger charge is -2.28. The second-order valence-corrected chi connectivity index (χ2v) is 4.92. The summed E-state index contributed by atoms with van der Waals surface area (Å²) in [5, 5.41) is 7.08. The number of hydrogen-bond acceptors (Lipinski definition) is 2. The van der Waals surface area contributed by atoms with Crippen LogP contribution >= 0.6 is 0 Å². The zero-order chi connectivity index (χ0) is 9.31. The highest BCUT2D eigenvalue weighted by Gasteiger charge is 2.28. The molecule has 0 saturated carbocycles. The normalized spacial score (nSPS) is 32.5. The Morgan fingerprint density at radius 1 is 1.46 bits per heavy atom. The van der Waals surface area contributed by atoms with E-state index in [-0.39, 0.29) is 0 Å². The van der Waals surface area contributed by atoms with Crippen LogP contribution in [0.3, 0.4) is 0 Å². The van der Waals surface area contributed by atoms with E-state index in [2.05, 4.69) is 30.6 Å². The molecule has 0 bridgehead atoms. The van der Waals surface area contributed by atoms with Gasteiger partial charge in [0.15, 0.2) is 0 Å². The molecule has 0 aliphatic carbocycles. The monoisotopic (exact) mass is 180 g/mol. The Balaban J connectivity index is 1.94. The molecule has 2 N–H and O–H groups in total. The molecule has 1 fully saturated rings. The van der Waals surface area contributed by atoms with Gasteiger partial charge < -0.3 is 10.6 Å². The molecule has 1 unspecified atom stereocenters. The van der Waals surface area contributed by atoms with Crippen molar-refractivity contribution in [1.82, 2.24) is 10.6 Å². The quantitative estimate of drug-likeness (QED) is 0.641. The predicted molar refractivity (Wildman–Crippen MR) is 55.5 cm³/mol. The Hall–Kier alpha value is -0.500. The van der Waals surface area contributed by atoms with Crippen molar-refractivity contribution in [2.24, 2.45) is 5.92 Å². The molecule has 0 aromatic heterocycles. The summed E-state index contributed by atoms with van der Waals surface area (Å²) in [6.07, 6.45) is 6.24. The molecule has 2 rings (SSSR count). The Labute approximate surface area is 80.8 Å². The topological polar surface area (TPSA) is 24.1 Å². The van der Waals surface area contributed by atoms with Crippen LogP contribution in [0.25, 0.3) is 0 Å². The summed E-state index contributed by atoms with van der Waals surface area (Å²) in [5.74, 6) is 0.746. The second-order valence-electron chi connectivity index (χ2n) is 4.92. The van der Waals surface area contributed by atoms with Gasteiger partial charge in [0, 0.05) is 23.7 Å². The van der Waals surface area contributed by atoms with Crippen molar-refractivity contribution in [1.29, 1.82) is 0 Å². The Morgan fingerprint density at radius 3 is 2.85 bits per heavy atom. The summed E-state index contributed by atoms with van der Waals surface area (Å²) in [6, 6.07) is 0. The molecule has 0 aromatic rings. The van der Waals surface area contributed by atoms with E-state index in [1.165, 1.54) is 31.5 Å². The van der Waals surface area contributed by atoms with Crippen LogP contribution in [0.5, 0.6) is 0 Å². The maximum absolute atomic E-state index is 3.62. The zero-order valence-corrected chi connectivity index (χ0v) is 8.69. The first-order valence-electron chi connectivity index (χ1n) is 5.36. The van der Waals surface area contributed by atoms with Crippen LogP contribution in [0.2, 0.25) is 0 Å². The van der Waals surface area contributed by atoms with Crippen LogP contribution in [-0.4, -0.2) is 18.6 Å². The molecule has 0 aromatic carbocycles. The van der Waals surface area contributed by atoms with E-state index in [0.29, 0.717) is 5.54 Å². The Bertz CT molecular complexity index is 212. The summed E-state index contributed by atoms with van der Waals surface area (Å²) < 4.78 is 0. The molecule has 74 valence electrons. The standard InChI is InChI=1S/C11H20N2/c1-11(2)6-5-10(13-11)9-4-3-7-12-8-9/h5,9,12-13H,3-4,6-8H2,1-2H3. The van der Waals surface area contributed by atoms with Gasteiger partial charge in [-0.25, -0.2) is 0 Å². The first-order valence-corrected chi connectivity index (χ1v) is 5.36. The van der Waals surface area contributed by atoms with E-state index < -0.39 is 0 Å². The molecule has 0 amide bonds. The predicted octanol–water partition coefficient (Wildman–Crippen LogP) is 1.64. The van der Waals surface area contributed by atoms with Crippen LogP contribution in [-0.2, 0) is 0 Å². The summed E-state index contributed by atoms with van der Waals surface area (Å²) in [4.78, 5) is 0. The van der Waals surface area contributed by atoms with E-state index >= 15 is 0 Å². The third-order valence-corrected chi connectivity index (χ3v) is 3.05. The number of piperidine rings is 1. The SMILES string of the molecule is CC1(C)CC=C(C2CCCNC2)N1. The molecular formula is C11H20N2. The average molecular weight is 180 g/mol. The molecule has 0 spiro atoms. The fraction of sp³-hybridized carbons (Fsp3) is 0.818. The van der Waals surface area contributed by atoms with E-state index in [9.17, 15) is 0 Å². The molecule has 2 aliphatic heterocycles. The summed E-state index contributed by atoms with van der Waals surface area (Å²) >= 11 is 0. The van der Waals surface area contributed by atoms with Gasteiger partial charge >= 0.3 is 0 Å². The van der Waals surface area contributed by atoms with E-state index in [0.717, 1.165) is 12.5 Å². The minimum Gasteiger partial charge on any atom is -0.383 e. The highest BCUT2D eigenvalue weighted by molar-refractivity contribution is 5.17. The zero-order valence-electron chi connectivity index (χ0n) is 8.69. The lowest BCUT2D eigenvalue weighted by atomic mass is 9.96. The molecule has 2 heteroatoms. The van der Waals surface area contributed by atoms with Crippen LogP contribution in [0, 0.1) is 5.92 Å². The van der Waals surface area contributed by atoms with Gasteiger partial charge in [0.2, 0.25) is 0 Å². The first-order chi connectivity index (χ1) is 6.17. The maximum Gasteiger partial charge on any atom is 0.0349 e. The van der Waals surface area contributed by atoms with Gasteiger partial charge in [-0.05, 0) is 39.7 Å². The van der Waals surface area contributed by atoms with Crippen LogP contribution < -0.4 is 10.6 Å². The minimum atomic E-state index is 0.298. The smallest absolute Gasteiger partial charge is 0.0349 e. The van der Waals surface area contributed by atoms with Gasteiger partial charge in [0.25, 0.3) is 0 Å². The van der Waals surface area contributed by atoms with Crippen molar-refractivity contribution >= 4 is 0 Å². The van der Waals surface area contributed by atoms with Gasteiger partial charge in [-0.1, -0.05) is 6.08 Å². The molecule has 1 saturated heterocycles. The van der Waals surface area contributed by atoms with Gasteiger partial charge in [0.05, 0.1) is 0 Å². The molecule has 2 aliphatic rings. The summed E-state index contributed by atoms with van der Waals surface area (Å²) in [7, 11) is 0. The van der Waals surface area contributed by atoms with E-state index in [1.807, 2.05) is 0 Å². The number of rotatable bonds is 1. The molecule has 13 heavy (non-hydrogen) atoms. The molecule has 2 nitrogen and oxygen atoms in total. The molecular weight excluding hydrogens is 160 g/mol. The van der Waals surface area contributed by atoms with Crippen molar-refractivity contribution < 1.29 is 0 Å². The van der Waals surface area contributed by atoms with Crippen molar-refractivity contribution in [2.75, 3.05) is 13.1 Å². The Morgan fingerprint density at radius 2 is 2.31 bits per heavy atom. The van der Waals surface area contributed by atoms with Crippen LogP contribution in [0.15, 0.2) is 11.8 Å². The fourth-order valence-electron chi connectivity index (χ4n) is 2.24. The largest absolute Gasteiger partial charge is 0.383 e. The van der Waals surface area contributed by atoms with Crippen molar-refractivity contribution in [3.63, 3.8) is 0 Å². The molecule has 2 heterocycles. The Kier molecular flexibility index (Phi) is 2.33. The van der Waals surface area contributed by atoms with Crippen LogP contribution in [0.1, 0.15) is 33.1 Å². The maximum atomic E-state index is 3.62. The van der Waals surface area contributed by atoms with Crippen LogP contribution in [0.4, 0.5) is 0 Å². The van der Waals surface area contributed by atoms with Crippen molar-refractivity contribution in [2.45, 2.75) is 38.6 Å². The van der Waals surface area contributed by atoms with Gasteiger partial charge in [-0.2, -0.15) is 0 Å². The number of nitrogens with one attached hydrogen (secondary N) is 2. The van der Waals surface area contributed by atoms with Gasteiger partial charge in [-0.3, -0.25) is 0 Å². The van der Waals surface area contributed by atoms with E-state index in [4.69, 9.17) is 0 Å². The van der Waals surface area contributed by atoms with Gasteiger partial charge in [-0.15, -0.1) is 0 Å². The summed E-state index contributed by atoms with van der Waals surface area (Å²) in [5.41, 5.74) is 1.78. The van der Waals surface area contributed by atoms with E-state index in [1.54, 1.807) is 0 Å². The minimum absolute atomic E-state index is 0.298. The third kappa shape index (κ3) is 2.05. The first kappa shape index (κ1) is 9.07. The summed E-state index contributed by atoms with van der Waals surface area (Å²) in [6.45, 7) is 6.90. The van der Waals surface area contributed by atoms with Crippen molar-refractivity contribution in [3.05, 3.63) is 11.8 Å². The number of hydrogen-bond donors (Lipinski definition) is 2. The molecule has 1 atom stereocenters. The van der Waals surface area contributed by atoms with Crippen molar-refractivity contribution in [3.8, 4) is 0 Å². The molecule has 0 radical (unpaired) electrons.